The lowest BCUT2D eigenvalue weighted by molar-refractivity contribution is 0.0969. The number of nitrogens with zero attached hydrogens (tertiary/aromatic N) is 3. The molecule has 0 radical (unpaired) electrons. The number of halogens is 1. The van der Waals surface area contributed by atoms with E-state index in [9.17, 15) is 9.59 Å². The van der Waals surface area contributed by atoms with Crippen LogP contribution >= 0.6 is 11.6 Å². The standard InChI is InChI=1S/C20H12ClN3O4/c1-10-8-15(23-28-10)24-17(13-4-2-3-7-22-13)16-18(25)12-9-11(21)5-6-14(12)27-19(16)20(24)26/h2-9,17H,1H3. The summed E-state index contributed by atoms with van der Waals surface area (Å²) in [6.45, 7) is 1.72. The molecule has 3 aromatic heterocycles. The van der Waals surface area contributed by atoms with Crippen LogP contribution in [0.2, 0.25) is 5.02 Å². The predicted octanol–water partition coefficient (Wildman–Crippen LogP) is 3.89. The first-order chi connectivity index (χ1) is 13.5. The van der Waals surface area contributed by atoms with Crippen molar-refractivity contribution in [2.75, 3.05) is 4.90 Å². The fourth-order valence-corrected chi connectivity index (χ4v) is 3.64. The van der Waals surface area contributed by atoms with E-state index in [1.807, 2.05) is 0 Å². The van der Waals surface area contributed by atoms with Gasteiger partial charge >= 0.3 is 0 Å². The monoisotopic (exact) mass is 393 g/mol. The summed E-state index contributed by atoms with van der Waals surface area (Å²) >= 11 is 6.06. The zero-order valence-corrected chi connectivity index (χ0v) is 15.3. The minimum absolute atomic E-state index is 0.0314. The highest BCUT2D eigenvalue weighted by Crippen LogP contribution is 2.40. The van der Waals surface area contributed by atoms with E-state index in [-0.39, 0.29) is 22.6 Å². The van der Waals surface area contributed by atoms with Gasteiger partial charge in [0, 0.05) is 17.3 Å². The summed E-state index contributed by atoms with van der Waals surface area (Å²) in [5, 5.41) is 4.67. The Bertz CT molecular complexity index is 1300. The van der Waals surface area contributed by atoms with Crippen molar-refractivity contribution in [3.05, 3.63) is 86.7 Å². The van der Waals surface area contributed by atoms with E-state index in [0.29, 0.717) is 27.4 Å². The summed E-state index contributed by atoms with van der Waals surface area (Å²) in [4.78, 5) is 32.3. The molecule has 28 heavy (non-hydrogen) atoms. The van der Waals surface area contributed by atoms with E-state index in [2.05, 4.69) is 10.1 Å². The molecular weight excluding hydrogens is 382 g/mol. The topological polar surface area (TPSA) is 89.4 Å². The average Bonchev–Trinajstić information content (AvgIpc) is 3.24. The number of carbonyl (C=O) groups is 1. The van der Waals surface area contributed by atoms with Crippen LogP contribution in [0.4, 0.5) is 5.82 Å². The van der Waals surface area contributed by atoms with Crippen LogP contribution < -0.4 is 10.3 Å². The second kappa shape index (κ2) is 6.03. The Balaban J connectivity index is 1.84. The highest BCUT2D eigenvalue weighted by atomic mass is 35.5. The summed E-state index contributed by atoms with van der Waals surface area (Å²) in [6, 6.07) is 10.8. The minimum Gasteiger partial charge on any atom is -0.450 e. The van der Waals surface area contributed by atoms with Gasteiger partial charge in [0.05, 0.1) is 16.6 Å². The van der Waals surface area contributed by atoms with Crippen molar-refractivity contribution in [3.63, 3.8) is 0 Å². The Morgan fingerprint density at radius 2 is 2.00 bits per heavy atom. The van der Waals surface area contributed by atoms with Gasteiger partial charge in [-0.1, -0.05) is 22.8 Å². The molecule has 1 aliphatic rings. The molecule has 1 aromatic carbocycles. The summed E-state index contributed by atoms with van der Waals surface area (Å²) in [7, 11) is 0. The Morgan fingerprint density at radius 1 is 1.14 bits per heavy atom. The molecule has 5 rings (SSSR count). The van der Waals surface area contributed by atoms with Crippen molar-refractivity contribution in [2.24, 2.45) is 0 Å². The van der Waals surface area contributed by atoms with E-state index in [4.69, 9.17) is 20.5 Å². The third kappa shape index (κ3) is 2.36. The Hall–Kier alpha value is -3.45. The fourth-order valence-electron chi connectivity index (χ4n) is 3.47. The summed E-state index contributed by atoms with van der Waals surface area (Å²) in [5.74, 6) is 0.310. The third-order valence-electron chi connectivity index (χ3n) is 4.66. The molecule has 1 atom stereocenters. The molecular formula is C20H12ClN3O4. The van der Waals surface area contributed by atoms with Gasteiger partial charge in [-0.25, -0.2) is 0 Å². The molecule has 0 saturated heterocycles. The highest BCUT2D eigenvalue weighted by Gasteiger charge is 2.45. The van der Waals surface area contributed by atoms with Crippen molar-refractivity contribution in [3.8, 4) is 0 Å². The van der Waals surface area contributed by atoms with Crippen molar-refractivity contribution in [1.82, 2.24) is 10.1 Å². The smallest absolute Gasteiger partial charge is 0.296 e. The van der Waals surface area contributed by atoms with Gasteiger partial charge in [-0.15, -0.1) is 0 Å². The number of hydrogen-bond acceptors (Lipinski definition) is 6. The highest BCUT2D eigenvalue weighted by molar-refractivity contribution is 6.31. The molecule has 0 N–H and O–H groups in total. The van der Waals surface area contributed by atoms with Gasteiger partial charge < -0.3 is 8.94 Å². The number of rotatable bonds is 2. The van der Waals surface area contributed by atoms with Gasteiger partial charge in [0.15, 0.2) is 11.2 Å². The molecule has 1 amide bonds. The van der Waals surface area contributed by atoms with Crippen LogP contribution in [0, 0.1) is 6.92 Å². The third-order valence-corrected chi connectivity index (χ3v) is 4.90. The Kier molecular flexibility index (Phi) is 3.60. The maximum absolute atomic E-state index is 13.3. The molecule has 1 aliphatic heterocycles. The van der Waals surface area contributed by atoms with Gasteiger partial charge in [0.2, 0.25) is 5.76 Å². The van der Waals surface area contributed by atoms with Gasteiger partial charge in [0.25, 0.3) is 5.91 Å². The molecule has 0 fully saturated rings. The number of anilines is 1. The van der Waals surface area contributed by atoms with Crippen LogP contribution in [0.1, 0.15) is 33.6 Å². The SMILES string of the molecule is Cc1cc(N2C(=O)c3oc4ccc(Cl)cc4c(=O)c3C2c2ccccn2)no1. The number of benzene rings is 1. The van der Waals surface area contributed by atoms with E-state index < -0.39 is 11.9 Å². The Morgan fingerprint density at radius 3 is 2.71 bits per heavy atom. The quantitative estimate of drug-likeness (QED) is 0.513. The van der Waals surface area contributed by atoms with E-state index in [0.717, 1.165) is 0 Å². The number of carbonyl (C=O) groups excluding carboxylic acids is 1. The van der Waals surface area contributed by atoms with Gasteiger partial charge in [-0.2, -0.15) is 0 Å². The normalized spacial score (nSPS) is 16.0. The molecule has 7 nitrogen and oxygen atoms in total. The molecule has 1 unspecified atom stereocenters. The fraction of sp³-hybridized carbons (Fsp3) is 0.100. The zero-order chi connectivity index (χ0) is 19.4. The molecule has 0 spiro atoms. The number of aromatic nitrogens is 2. The zero-order valence-electron chi connectivity index (χ0n) is 14.5. The van der Waals surface area contributed by atoms with Crippen molar-refractivity contribution in [1.29, 1.82) is 0 Å². The lowest BCUT2D eigenvalue weighted by Gasteiger charge is -2.21. The van der Waals surface area contributed by atoms with Gasteiger partial charge in [0.1, 0.15) is 17.4 Å². The molecule has 4 aromatic rings. The molecule has 0 saturated carbocycles. The molecule has 138 valence electrons. The van der Waals surface area contributed by atoms with Crippen LogP contribution in [-0.2, 0) is 0 Å². The van der Waals surface area contributed by atoms with Crippen LogP contribution in [-0.4, -0.2) is 16.0 Å². The maximum Gasteiger partial charge on any atom is 0.296 e. The molecule has 8 heteroatoms. The number of aryl methyl sites for hydroxylation is 1. The van der Waals surface area contributed by atoms with E-state index >= 15 is 0 Å². The van der Waals surface area contributed by atoms with Crippen LogP contribution in [0.5, 0.6) is 0 Å². The summed E-state index contributed by atoms with van der Waals surface area (Å²) in [6.07, 6.45) is 1.60. The lowest BCUT2D eigenvalue weighted by atomic mass is 10.0. The first kappa shape index (κ1) is 16.7. The minimum atomic E-state index is -0.784. The van der Waals surface area contributed by atoms with Crippen LogP contribution in [0.3, 0.4) is 0 Å². The van der Waals surface area contributed by atoms with E-state index in [1.54, 1.807) is 49.5 Å². The van der Waals surface area contributed by atoms with Crippen molar-refractivity contribution in [2.45, 2.75) is 13.0 Å². The van der Waals surface area contributed by atoms with Crippen molar-refractivity contribution < 1.29 is 13.7 Å². The maximum atomic E-state index is 13.3. The molecule has 4 heterocycles. The van der Waals surface area contributed by atoms with Crippen LogP contribution in [0.25, 0.3) is 11.0 Å². The van der Waals surface area contributed by atoms with Gasteiger partial charge in [-0.3, -0.25) is 19.5 Å². The number of hydrogen-bond donors (Lipinski definition) is 0. The van der Waals surface area contributed by atoms with Gasteiger partial charge in [-0.05, 0) is 37.3 Å². The molecule has 0 bridgehead atoms. The molecule has 0 aliphatic carbocycles. The number of amides is 1. The first-order valence-electron chi connectivity index (χ1n) is 8.48. The number of pyridine rings is 1. The predicted molar refractivity (Wildman–Crippen MR) is 102 cm³/mol. The van der Waals surface area contributed by atoms with Crippen molar-refractivity contribution >= 4 is 34.3 Å². The average molecular weight is 394 g/mol. The van der Waals surface area contributed by atoms with Crippen LogP contribution in [0.15, 0.2) is 62.4 Å². The Labute approximate surface area is 163 Å². The largest absolute Gasteiger partial charge is 0.450 e. The summed E-state index contributed by atoms with van der Waals surface area (Å²) < 4.78 is 11.0. The summed E-state index contributed by atoms with van der Waals surface area (Å²) in [5.41, 5.74) is 0.688. The second-order valence-corrected chi connectivity index (χ2v) is 6.88. The number of fused-ring (bicyclic) bond motifs is 2. The van der Waals surface area contributed by atoms with E-state index in [1.165, 1.54) is 11.0 Å². The first-order valence-corrected chi connectivity index (χ1v) is 8.86. The lowest BCUT2D eigenvalue weighted by Crippen LogP contribution is -2.30. The second-order valence-electron chi connectivity index (χ2n) is 6.44.